The van der Waals surface area contributed by atoms with Gasteiger partial charge in [-0.2, -0.15) is 0 Å². The van der Waals surface area contributed by atoms with Crippen molar-refractivity contribution in [3.8, 4) is 0 Å². The Labute approximate surface area is 166 Å². The second-order valence-corrected chi connectivity index (χ2v) is 11.3. The van der Waals surface area contributed by atoms with E-state index in [0.717, 1.165) is 22.2 Å². The van der Waals surface area contributed by atoms with E-state index in [-0.39, 0.29) is 0 Å². The van der Waals surface area contributed by atoms with Crippen molar-refractivity contribution >= 4 is 64.2 Å². The SMILES string of the molecule is CN(C)c1cccc2c(S(=O)(=O)N(Br)CCSSCCN)cccc12. The average Bonchev–Trinajstić information content (AvgIpc) is 2.60. The highest BCUT2D eigenvalue weighted by Crippen LogP contribution is 2.32. The van der Waals surface area contributed by atoms with Gasteiger partial charge < -0.3 is 10.6 Å². The molecule has 0 aliphatic carbocycles. The van der Waals surface area contributed by atoms with Gasteiger partial charge in [0.1, 0.15) is 0 Å². The molecule has 25 heavy (non-hydrogen) atoms. The van der Waals surface area contributed by atoms with Crippen molar-refractivity contribution in [2.24, 2.45) is 5.73 Å². The Bertz CT molecular complexity index is 815. The molecule has 0 spiro atoms. The van der Waals surface area contributed by atoms with Gasteiger partial charge in [-0.15, -0.1) is 3.33 Å². The number of sulfonamides is 1. The molecule has 5 nitrogen and oxygen atoms in total. The number of nitrogens with two attached hydrogens (primary N) is 1. The number of hydrogen-bond donors (Lipinski definition) is 1. The smallest absolute Gasteiger partial charge is 0.253 e. The number of hydrogen-bond acceptors (Lipinski definition) is 6. The maximum absolute atomic E-state index is 13.0. The van der Waals surface area contributed by atoms with Crippen LogP contribution in [-0.2, 0) is 10.0 Å². The van der Waals surface area contributed by atoms with E-state index in [1.165, 1.54) is 3.33 Å². The predicted octanol–water partition coefficient (Wildman–Crippen LogP) is 3.55. The van der Waals surface area contributed by atoms with Crippen LogP contribution in [0.15, 0.2) is 41.3 Å². The van der Waals surface area contributed by atoms with Gasteiger partial charge in [0.05, 0.1) is 4.90 Å². The summed E-state index contributed by atoms with van der Waals surface area (Å²) >= 11 is 3.23. The van der Waals surface area contributed by atoms with Crippen LogP contribution in [0.5, 0.6) is 0 Å². The van der Waals surface area contributed by atoms with Crippen molar-refractivity contribution in [3.63, 3.8) is 0 Å². The molecule has 0 radical (unpaired) electrons. The number of fused-ring (bicyclic) bond motifs is 1. The first kappa shape index (κ1) is 20.9. The molecule has 0 saturated carbocycles. The minimum absolute atomic E-state index is 0.310. The summed E-state index contributed by atoms with van der Waals surface area (Å²) in [6.45, 7) is 1.01. The van der Waals surface area contributed by atoms with Crippen molar-refractivity contribution in [1.29, 1.82) is 0 Å². The summed E-state index contributed by atoms with van der Waals surface area (Å²) in [5.41, 5.74) is 6.44. The van der Waals surface area contributed by atoms with Gasteiger partial charge in [-0.05, 0) is 12.1 Å². The van der Waals surface area contributed by atoms with E-state index in [9.17, 15) is 8.42 Å². The Balaban J connectivity index is 2.29. The van der Waals surface area contributed by atoms with Crippen molar-refractivity contribution in [1.82, 2.24) is 3.33 Å². The van der Waals surface area contributed by atoms with Crippen LogP contribution in [-0.4, -0.2) is 50.4 Å². The van der Waals surface area contributed by atoms with Crippen LogP contribution >= 0.6 is 37.7 Å². The van der Waals surface area contributed by atoms with Gasteiger partial charge in [-0.25, -0.2) is 8.42 Å². The maximum atomic E-state index is 13.0. The summed E-state index contributed by atoms with van der Waals surface area (Å²) in [7, 11) is 3.55. The predicted molar refractivity (Wildman–Crippen MR) is 115 cm³/mol. The van der Waals surface area contributed by atoms with Crippen LogP contribution < -0.4 is 10.6 Å². The number of halogens is 1. The lowest BCUT2D eigenvalue weighted by atomic mass is 10.1. The summed E-state index contributed by atoms with van der Waals surface area (Å²) in [6.07, 6.45) is 0. The van der Waals surface area contributed by atoms with Crippen LogP contribution in [0.4, 0.5) is 5.69 Å². The molecule has 0 aliphatic rings. The van der Waals surface area contributed by atoms with Gasteiger partial charge in [-0.3, -0.25) is 0 Å². The van der Waals surface area contributed by atoms with Crippen LogP contribution in [0, 0.1) is 0 Å². The van der Waals surface area contributed by atoms with E-state index in [2.05, 4.69) is 16.1 Å². The van der Waals surface area contributed by atoms with Crippen LogP contribution in [0.3, 0.4) is 0 Å². The van der Waals surface area contributed by atoms with Crippen LogP contribution in [0.2, 0.25) is 0 Å². The lowest BCUT2D eigenvalue weighted by Gasteiger charge is -2.19. The molecule has 0 atom stereocenters. The number of nitrogens with zero attached hydrogens (tertiary/aromatic N) is 2. The van der Waals surface area contributed by atoms with Gasteiger partial charge in [0.2, 0.25) is 0 Å². The van der Waals surface area contributed by atoms with E-state index in [4.69, 9.17) is 5.73 Å². The number of anilines is 1. The minimum Gasteiger partial charge on any atom is -0.377 e. The summed E-state index contributed by atoms with van der Waals surface area (Å²) in [4.78, 5) is 2.29. The van der Waals surface area contributed by atoms with E-state index in [1.807, 2.05) is 43.3 Å². The second kappa shape index (κ2) is 9.48. The lowest BCUT2D eigenvalue weighted by molar-refractivity contribution is 0.556. The second-order valence-electron chi connectivity index (χ2n) is 5.47. The Kier molecular flexibility index (Phi) is 7.91. The molecular formula is C16H22BrN3O2S3. The third-order valence-electron chi connectivity index (χ3n) is 3.51. The highest BCUT2D eigenvalue weighted by Gasteiger charge is 2.24. The standard InChI is InChI=1S/C16H22BrN3O2S3/c1-19(2)15-7-3-6-14-13(15)5-4-8-16(14)25(21,22)20(17)10-12-24-23-11-9-18/h3-8H,9-12,18H2,1-2H3. The Morgan fingerprint density at radius 2 is 1.68 bits per heavy atom. The normalized spacial score (nSPS) is 12.0. The van der Waals surface area contributed by atoms with E-state index >= 15 is 0 Å². The molecule has 2 N–H and O–H groups in total. The van der Waals surface area contributed by atoms with Crippen molar-refractivity contribution < 1.29 is 8.42 Å². The van der Waals surface area contributed by atoms with Crippen molar-refractivity contribution in [3.05, 3.63) is 36.4 Å². The Morgan fingerprint density at radius 3 is 2.36 bits per heavy atom. The third-order valence-corrected chi connectivity index (χ3v) is 9.05. The number of rotatable bonds is 9. The summed E-state index contributed by atoms with van der Waals surface area (Å²) in [6, 6.07) is 11.1. The van der Waals surface area contributed by atoms with E-state index in [0.29, 0.717) is 23.7 Å². The fourth-order valence-corrected chi connectivity index (χ4v) is 6.44. The van der Waals surface area contributed by atoms with Crippen LogP contribution in [0.25, 0.3) is 10.8 Å². The molecule has 0 aromatic heterocycles. The van der Waals surface area contributed by atoms with Crippen molar-refractivity contribution in [2.45, 2.75) is 4.90 Å². The minimum atomic E-state index is -3.62. The van der Waals surface area contributed by atoms with Gasteiger partial charge >= 0.3 is 0 Å². The van der Waals surface area contributed by atoms with Crippen LogP contribution in [0.1, 0.15) is 0 Å². The summed E-state index contributed by atoms with van der Waals surface area (Å²) in [5, 5.41) is 1.64. The largest absolute Gasteiger partial charge is 0.377 e. The number of benzene rings is 2. The fourth-order valence-electron chi connectivity index (χ4n) is 2.38. The van der Waals surface area contributed by atoms with E-state index < -0.39 is 10.0 Å². The first-order valence-corrected chi connectivity index (χ1v) is 12.4. The Morgan fingerprint density at radius 1 is 1.04 bits per heavy atom. The highest BCUT2D eigenvalue weighted by atomic mass is 79.9. The quantitative estimate of drug-likeness (QED) is 0.348. The fraction of sp³-hybridized carbons (Fsp3) is 0.375. The average molecular weight is 464 g/mol. The van der Waals surface area contributed by atoms with E-state index in [1.54, 1.807) is 33.7 Å². The third kappa shape index (κ3) is 5.05. The zero-order valence-electron chi connectivity index (χ0n) is 14.2. The summed E-state index contributed by atoms with van der Waals surface area (Å²) < 4.78 is 27.2. The lowest BCUT2D eigenvalue weighted by Crippen LogP contribution is -2.24. The molecule has 0 unspecified atom stereocenters. The summed E-state index contributed by atoms with van der Waals surface area (Å²) in [5.74, 6) is 1.54. The van der Waals surface area contributed by atoms with Gasteiger partial charge in [0.25, 0.3) is 10.0 Å². The van der Waals surface area contributed by atoms with Crippen molar-refractivity contribution in [2.75, 3.05) is 43.6 Å². The maximum Gasteiger partial charge on any atom is 0.253 e. The zero-order chi connectivity index (χ0) is 18.4. The first-order valence-electron chi connectivity index (χ1n) is 7.71. The highest BCUT2D eigenvalue weighted by molar-refractivity contribution is 9.08. The topological polar surface area (TPSA) is 66.6 Å². The molecule has 0 fully saturated rings. The molecule has 2 aromatic rings. The molecule has 138 valence electrons. The first-order chi connectivity index (χ1) is 11.9. The Hall–Kier alpha value is -0.450. The molecule has 2 rings (SSSR count). The molecule has 0 saturated heterocycles. The zero-order valence-corrected chi connectivity index (χ0v) is 18.2. The van der Waals surface area contributed by atoms with Gasteiger partial charge in [0.15, 0.2) is 0 Å². The molecule has 0 amide bonds. The molecular weight excluding hydrogens is 442 g/mol. The molecule has 0 heterocycles. The van der Waals surface area contributed by atoms with Gasteiger partial charge in [0, 0.05) is 71.3 Å². The molecule has 2 aromatic carbocycles. The monoisotopic (exact) mass is 463 g/mol. The molecule has 9 heteroatoms. The molecule has 0 bridgehead atoms. The molecule has 0 aliphatic heterocycles. The van der Waals surface area contributed by atoms with Gasteiger partial charge in [-0.1, -0.05) is 45.9 Å².